The Morgan fingerprint density at radius 2 is 2.05 bits per heavy atom. The maximum absolute atomic E-state index is 11.5. The molecule has 0 saturated carbocycles. The first-order valence-electron chi connectivity index (χ1n) is 6.13. The number of aromatic carboxylic acids is 1. The van der Waals surface area contributed by atoms with Gasteiger partial charge in [-0.1, -0.05) is 26.0 Å². The van der Waals surface area contributed by atoms with E-state index in [2.05, 4.69) is 10.3 Å². The molecule has 8 heteroatoms. The SMILES string of the molecule is CCS(=O)(=O)CCn1nnc(C(=O)O)c1CC(C)C. The second-order valence-corrected chi connectivity index (χ2v) is 7.22. The molecule has 1 heterocycles. The van der Waals surface area contributed by atoms with Gasteiger partial charge in [-0.3, -0.25) is 0 Å². The van der Waals surface area contributed by atoms with E-state index in [9.17, 15) is 13.2 Å². The van der Waals surface area contributed by atoms with Crippen molar-refractivity contribution in [3.8, 4) is 0 Å². The van der Waals surface area contributed by atoms with Crippen LogP contribution in [0.1, 0.15) is 37.0 Å². The lowest BCUT2D eigenvalue weighted by molar-refractivity contribution is 0.0689. The molecule has 1 N–H and O–H groups in total. The van der Waals surface area contributed by atoms with Gasteiger partial charge in [0.2, 0.25) is 0 Å². The summed E-state index contributed by atoms with van der Waals surface area (Å²) in [5, 5.41) is 16.4. The zero-order valence-electron chi connectivity index (χ0n) is 11.3. The van der Waals surface area contributed by atoms with Crippen LogP contribution in [0, 0.1) is 5.92 Å². The number of nitrogens with zero attached hydrogens (tertiary/aromatic N) is 3. The van der Waals surface area contributed by atoms with Gasteiger partial charge in [0, 0.05) is 5.75 Å². The molecule has 0 fully saturated rings. The van der Waals surface area contributed by atoms with Gasteiger partial charge in [0.05, 0.1) is 18.0 Å². The van der Waals surface area contributed by atoms with E-state index in [1.54, 1.807) is 6.92 Å². The predicted molar refractivity (Wildman–Crippen MR) is 69.9 cm³/mol. The van der Waals surface area contributed by atoms with E-state index in [0.717, 1.165) is 0 Å². The molecule has 1 rings (SSSR count). The molecular formula is C11H19N3O4S. The number of carboxylic acids is 1. The third kappa shape index (κ3) is 4.30. The summed E-state index contributed by atoms with van der Waals surface area (Å²) in [6.45, 7) is 5.62. The average molecular weight is 289 g/mol. The Bertz CT molecular complexity index is 548. The largest absolute Gasteiger partial charge is 0.476 e. The van der Waals surface area contributed by atoms with Crippen molar-refractivity contribution in [2.24, 2.45) is 5.92 Å². The van der Waals surface area contributed by atoms with E-state index in [1.165, 1.54) is 4.68 Å². The molecule has 0 unspecified atom stereocenters. The average Bonchev–Trinajstić information content (AvgIpc) is 2.69. The molecule has 0 spiro atoms. The van der Waals surface area contributed by atoms with Crippen LogP contribution in [0.2, 0.25) is 0 Å². The highest BCUT2D eigenvalue weighted by atomic mass is 32.2. The summed E-state index contributed by atoms with van der Waals surface area (Å²) in [5.74, 6) is -0.900. The van der Waals surface area contributed by atoms with Gasteiger partial charge in [0.15, 0.2) is 15.5 Å². The van der Waals surface area contributed by atoms with E-state index in [0.29, 0.717) is 12.1 Å². The Morgan fingerprint density at radius 3 is 2.53 bits per heavy atom. The van der Waals surface area contributed by atoms with Gasteiger partial charge in [-0.15, -0.1) is 5.10 Å². The van der Waals surface area contributed by atoms with Crippen LogP contribution >= 0.6 is 0 Å². The minimum Gasteiger partial charge on any atom is -0.476 e. The number of carboxylic acid groups (broad SMARTS) is 1. The maximum atomic E-state index is 11.5. The highest BCUT2D eigenvalue weighted by Crippen LogP contribution is 2.12. The van der Waals surface area contributed by atoms with Crippen LogP contribution in [0.15, 0.2) is 0 Å². The fourth-order valence-corrected chi connectivity index (χ4v) is 2.38. The second-order valence-electron chi connectivity index (χ2n) is 4.75. The first-order chi connectivity index (χ1) is 8.76. The molecule has 108 valence electrons. The minimum atomic E-state index is -3.11. The molecule has 0 radical (unpaired) electrons. The molecule has 1 aromatic heterocycles. The van der Waals surface area contributed by atoms with Gasteiger partial charge < -0.3 is 5.11 Å². The number of aromatic nitrogens is 3. The van der Waals surface area contributed by atoms with Crippen molar-refractivity contribution in [1.82, 2.24) is 15.0 Å². The predicted octanol–water partition coefficient (Wildman–Crippen LogP) is 0.609. The van der Waals surface area contributed by atoms with Crippen LogP contribution in [0.3, 0.4) is 0 Å². The molecule has 0 bridgehead atoms. The van der Waals surface area contributed by atoms with Crippen molar-refractivity contribution in [3.05, 3.63) is 11.4 Å². The Labute approximate surface area is 112 Å². The monoisotopic (exact) mass is 289 g/mol. The summed E-state index contributed by atoms with van der Waals surface area (Å²) >= 11 is 0. The third-order valence-electron chi connectivity index (χ3n) is 2.70. The van der Waals surface area contributed by atoms with Crippen LogP contribution in [-0.2, 0) is 22.8 Å². The Kier molecular flexibility index (Phi) is 5.04. The number of hydrogen-bond acceptors (Lipinski definition) is 5. The van der Waals surface area contributed by atoms with Gasteiger partial charge in [-0.05, 0) is 12.3 Å². The van der Waals surface area contributed by atoms with Gasteiger partial charge in [0.25, 0.3) is 0 Å². The van der Waals surface area contributed by atoms with Crippen molar-refractivity contribution in [1.29, 1.82) is 0 Å². The summed E-state index contributed by atoms with van der Waals surface area (Å²) < 4.78 is 24.3. The molecule has 1 aromatic rings. The third-order valence-corrected chi connectivity index (χ3v) is 4.38. The quantitative estimate of drug-likeness (QED) is 0.789. The van der Waals surface area contributed by atoms with Gasteiger partial charge in [-0.25, -0.2) is 17.9 Å². The summed E-state index contributed by atoms with van der Waals surface area (Å²) in [5.41, 5.74) is 0.386. The van der Waals surface area contributed by atoms with Crippen LogP contribution in [0.25, 0.3) is 0 Å². The van der Waals surface area contributed by atoms with Crippen molar-refractivity contribution in [3.63, 3.8) is 0 Å². The molecule has 0 saturated heterocycles. The Hall–Kier alpha value is -1.44. The Balaban J connectivity index is 2.98. The fraction of sp³-hybridized carbons (Fsp3) is 0.727. The number of rotatable bonds is 7. The molecule has 0 amide bonds. The standard InChI is InChI=1S/C11H19N3O4S/c1-4-19(17,18)6-5-14-9(7-8(2)3)10(11(15)16)12-13-14/h8H,4-7H2,1-3H3,(H,15,16). The van der Waals surface area contributed by atoms with Crippen LogP contribution in [-0.4, -0.2) is 46.0 Å². The fourth-order valence-electron chi connectivity index (χ4n) is 1.64. The summed E-state index contributed by atoms with van der Waals surface area (Å²) in [4.78, 5) is 11.0. The molecule has 0 aliphatic carbocycles. The van der Waals surface area contributed by atoms with Crippen molar-refractivity contribution in [2.45, 2.75) is 33.7 Å². The lowest BCUT2D eigenvalue weighted by Crippen LogP contribution is -2.18. The van der Waals surface area contributed by atoms with E-state index in [1.807, 2.05) is 13.8 Å². The van der Waals surface area contributed by atoms with Gasteiger partial charge in [0.1, 0.15) is 0 Å². The molecule has 0 atom stereocenters. The van der Waals surface area contributed by atoms with E-state index >= 15 is 0 Å². The number of hydrogen-bond donors (Lipinski definition) is 1. The summed E-state index contributed by atoms with van der Waals surface area (Å²) in [6.07, 6.45) is 0.501. The lowest BCUT2D eigenvalue weighted by Gasteiger charge is -2.09. The highest BCUT2D eigenvalue weighted by Gasteiger charge is 2.20. The van der Waals surface area contributed by atoms with Crippen LogP contribution in [0.5, 0.6) is 0 Å². The van der Waals surface area contributed by atoms with E-state index < -0.39 is 15.8 Å². The molecule has 0 aliphatic heterocycles. The lowest BCUT2D eigenvalue weighted by atomic mass is 10.1. The summed E-state index contributed by atoms with van der Waals surface area (Å²) in [7, 11) is -3.11. The van der Waals surface area contributed by atoms with Crippen molar-refractivity contribution in [2.75, 3.05) is 11.5 Å². The van der Waals surface area contributed by atoms with Crippen molar-refractivity contribution < 1.29 is 18.3 Å². The zero-order chi connectivity index (χ0) is 14.6. The van der Waals surface area contributed by atoms with E-state index in [4.69, 9.17) is 5.11 Å². The number of carbonyl (C=O) groups is 1. The summed E-state index contributed by atoms with van der Waals surface area (Å²) in [6, 6.07) is 0. The van der Waals surface area contributed by atoms with E-state index in [-0.39, 0.29) is 29.7 Å². The normalized spacial score (nSPS) is 12.0. The first-order valence-corrected chi connectivity index (χ1v) is 7.95. The smallest absolute Gasteiger partial charge is 0.358 e. The zero-order valence-corrected chi connectivity index (χ0v) is 12.1. The molecule has 0 aromatic carbocycles. The molecule has 7 nitrogen and oxygen atoms in total. The van der Waals surface area contributed by atoms with Crippen molar-refractivity contribution >= 4 is 15.8 Å². The topological polar surface area (TPSA) is 102 Å². The Morgan fingerprint density at radius 1 is 1.42 bits per heavy atom. The molecular weight excluding hydrogens is 270 g/mol. The van der Waals surface area contributed by atoms with Gasteiger partial charge >= 0.3 is 5.97 Å². The molecule has 0 aliphatic rings. The van der Waals surface area contributed by atoms with Crippen LogP contribution in [0.4, 0.5) is 0 Å². The number of sulfone groups is 1. The maximum Gasteiger partial charge on any atom is 0.358 e. The van der Waals surface area contributed by atoms with Gasteiger partial charge in [-0.2, -0.15) is 0 Å². The van der Waals surface area contributed by atoms with Crippen LogP contribution < -0.4 is 0 Å². The minimum absolute atomic E-state index is 0.0585. The second kappa shape index (κ2) is 6.14. The molecule has 19 heavy (non-hydrogen) atoms. The highest BCUT2D eigenvalue weighted by molar-refractivity contribution is 7.91. The first kappa shape index (κ1) is 15.6. The number of aryl methyl sites for hydroxylation is 1.